The smallest absolute Gasteiger partial charge is 0.251 e. The van der Waals surface area contributed by atoms with Crippen molar-refractivity contribution in [2.24, 2.45) is 4.99 Å². The summed E-state index contributed by atoms with van der Waals surface area (Å²) >= 11 is 0. The molecule has 0 atom stereocenters. The average molecular weight is 405 g/mol. The second-order valence-electron chi connectivity index (χ2n) is 6.77. The van der Waals surface area contributed by atoms with Crippen molar-refractivity contribution in [1.82, 2.24) is 20.9 Å². The lowest BCUT2D eigenvalue weighted by molar-refractivity contribution is 0.0963. The van der Waals surface area contributed by atoms with Crippen molar-refractivity contribution in [3.05, 3.63) is 71.8 Å². The van der Waals surface area contributed by atoms with Crippen LogP contribution in [0.3, 0.4) is 0 Å². The fraction of sp³-hybridized carbons (Fsp3) is 0.261. The van der Waals surface area contributed by atoms with Gasteiger partial charge >= 0.3 is 0 Å². The number of fused-ring (bicyclic) bond motifs is 1. The second kappa shape index (κ2) is 10.8. The molecule has 1 amide bonds. The molecule has 0 aliphatic rings. The van der Waals surface area contributed by atoms with Crippen LogP contribution < -0.4 is 21.3 Å². The minimum absolute atomic E-state index is 0.0734. The average Bonchev–Trinajstić information content (AvgIpc) is 2.80. The largest absolute Gasteiger partial charge is 0.368 e. The van der Waals surface area contributed by atoms with Gasteiger partial charge in [-0.1, -0.05) is 30.3 Å². The summed E-state index contributed by atoms with van der Waals surface area (Å²) < 4.78 is 0. The molecule has 0 bridgehead atoms. The van der Waals surface area contributed by atoms with E-state index in [4.69, 9.17) is 0 Å². The molecule has 7 nitrogen and oxygen atoms in total. The number of guanidine groups is 1. The summed E-state index contributed by atoms with van der Waals surface area (Å²) in [6.45, 7) is 2.15. The molecule has 0 spiro atoms. The van der Waals surface area contributed by atoms with Crippen molar-refractivity contribution in [2.75, 3.05) is 39.0 Å². The number of carbonyl (C=O) groups is 1. The van der Waals surface area contributed by atoms with Crippen LogP contribution in [-0.4, -0.2) is 50.6 Å². The third kappa shape index (κ3) is 5.94. The Morgan fingerprint density at radius 2 is 1.80 bits per heavy atom. The van der Waals surface area contributed by atoms with Gasteiger partial charge in [0.05, 0.1) is 5.52 Å². The van der Waals surface area contributed by atoms with E-state index in [1.165, 1.54) is 0 Å². The molecule has 0 radical (unpaired) electrons. The van der Waals surface area contributed by atoms with Crippen LogP contribution in [0.25, 0.3) is 10.9 Å². The van der Waals surface area contributed by atoms with Crippen molar-refractivity contribution < 1.29 is 4.79 Å². The highest BCUT2D eigenvalue weighted by molar-refractivity contribution is 5.94. The summed E-state index contributed by atoms with van der Waals surface area (Å²) in [5.74, 6) is 1.52. The van der Waals surface area contributed by atoms with Gasteiger partial charge in [-0.2, -0.15) is 0 Å². The molecule has 1 heterocycles. The molecule has 7 heteroatoms. The van der Waals surface area contributed by atoms with Gasteiger partial charge < -0.3 is 21.3 Å². The van der Waals surface area contributed by atoms with Crippen molar-refractivity contribution in [3.8, 4) is 0 Å². The number of aromatic nitrogens is 1. The number of hydrogen-bond donors (Lipinski definition) is 4. The van der Waals surface area contributed by atoms with E-state index < -0.39 is 0 Å². The van der Waals surface area contributed by atoms with Gasteiger partial charge in [-0.05, 0) is 42.3 Å². The zero-order valence-electron chi connectivity index (χ0n) is 17.4. The molecule has 2 aromatic carbocycles. The quantitative estimate of drug-likeness (QED) is 0.263. The lowest BCUT2D eigenvalue weighted by Gasteiger charge is -2.13. The molecule has 0 aliphatic carbocycles. The van der Waals surface area contributed by atoms with Gasteiger partial charge in [0.25, 0.3) is 5.91 Å². The molecule has 0 saturated carbocycles. The van der Waals surface area contributed by atoms with Gasteiger partial charge in [-0.25, -0.2) is 4.98 Å². The number of carbonyl (C=O) groups excluding carboxylic acids is 1. The first kappa shape index (κ1) is 21.1. The Morgan fingerprint density at radius 3 is 2.63 bits per heavy atom. The third-order valence-corrected chi connectivity index (χ3v) is 4.67. The van der Waals surface area contributed by atoms with Crippen molar-refractivity contribution >= 4 is 28.6 Å². The van der Waals surface area contributed by atoms with E-state index in [1.54, 1.807) is 14.1 Å². The Kier molecular flexibility index (Phi) is 7.60. The number of pyridine rings is 1. The van der Waals surface area contributed by atoms with Gasteiger partial charge in [-0.3, -0.25) is 9.79 Å². The number of nitrogens with one attached hydrogen (secondary N) is 4. The van der Waals surface area contributed by atoms with Crippen LogP contribution in [0.15, 0.2) is 65.7 Å². The van der Waals surface area contributed by atoms with Gasteiger partial charge in [0.15, 0.2) is 5.96 Å². The van der Waals surface area contributed by atoms with Gasteiger partial charge in [0.1, 0.15) is 5.82 Å². The molecule has 4 N–H and O–H groups in total. The van der Waals surface area contributed by atoms with E-state index in [1.807, 2.05) is 48.5 Å². The maximum Gasteiger partial charge on any atom is 0.251 e. The topological polar surface area (TPSA) is 90.4 Å². The third-order valence-electron chi connectivity index (χ3n) is 4.67. The van der Waals surface area contributed by atoms with Crippen molar-refractivity contribution in [3.63, 3.8) is 0 Å². The number of aliphatic imine (C=N–C) groups is 1. The summed E-state index contributed by atoms with van der Waals surface area (Å²) in [6, 6.07) is 19.8. The normalized spacial score (nSPS) is 11.2. The van der Waals surface area contributed by atoms with E-state index >= 15 is 0 Å². The SMILES string of the molecule is CN=C(NCCNc1ccc2ccccc2n1)NCCc1cccc(C(=O)NC)c1. The van der Waals surface area contributed by atoms with Crippen molar-refractivity contribution in [2.45, 2.75) is 6.42 Å². The molecule has 0 unspecified atom stereocenters. The van der Waals surface area contributed by atoms with E-state index in [9.17, 15) is 4.79 Å². The maximum atomic E-state index is 11.7. The van der Waals surface area contributed by atoms with Crippen LogP contribution in [0, 0.1) is 0 Å². The Labute approximate surface area is 177 Å². The monoisotopic (exact) mass is 404 g/mol. The Hall–Kier alpha value is -3.61. The summed E-state index contributed by atoms with van der Waals surface area (Å²) in [4.78, 5) is 20.6. The van der Waals surface area contributed by atoms with Crippen LogP contribution in [-0.2, 0) is 6.42 Å². The summed E-state index contributed by atoms with van der Waals surface area (Å²) in [5.41, 5.74) is 2.75. The number of hydrogen-bond acceptors (Lipinski definition) is 4. The fourth-order valence-electron chi connectivity index (χ4n) is 3.09. The molecular formula is C23H28N6O. The fourth-order valence-corrected chi connectivity index (χ4v) is 3.09. The molecule has 3 rings (SSSR count). The van der Waals surface area contributed by atoms with Crippen LogP contribution in [0.1, 0.15) is 15.9 Å². The number of rotatable bonds is 8. The van der Waals surface area contributed by atoms with E-state index in [-0.39, 0.29) is 5.91 Å². The summed E-state index contributed by atoms with van der Waals surface area (Å²) in [7, 11) is 3.39. The predicted octanol–water partition coefficient (Wildman–Crippen LogP) is 2.41. The number of nitrogens with zero attached hydrogens (tertiary/aromatic N) is 2. The molecule has 0 aliphatic heterocycles. The highest BCUT2D eigenvalue weighted by Crippen LogP contribution is 2.14. The van der Waals surface area contributed by atoms with E-state index in [0.717, 1.165) is 47.8 Å². The first-order valence-electron chi connectivity index (χ1n) is 10.0. The zero-order valence-corrected chi connectivity index (χ0v) is 17.4. The van der Waals surface area contributed by atoms with E-state index in [2.05, 4.69) is 43.4 Å². The van der Waals surface area contributed by atoms with E-state index in [0.29, 0.717) is 12.1 Å². The Bertz CT molecular complexity index is 1020. The highest BCUT2D eigenvalue weighted by Gasteiger charge is 2.04. The highest BCUT2D eigenvalue weighted by atomic mass is 16.1. The minimum atomic E-state index is -0.0734. The van der Waals surface area contributed by atoms with Gasteiger partial charge in [0, 0.05) is 44.7 Å². The Morgan fingerprint density at radius 1 is 0.967 bits per heavy atom. The molecule has 3 aromatic rings. The lowest BCUT2D eigenvalue weighted by Crippen LogP contribution is -2.40. The number of anilines is 1. The van der Waals surface area contributed by atoms with Crippen molar-refractivity contribution in [1.29, 1.82) is 0 Å². The molecular weight excluding hydrogens is 376 g/mol. The van der Waals surface area contributed by atoms with Crippen LogP contribution in [0.2, 0.25) is 0 Å². The standard InChI is InChI=1S/C23H28N6O/c1-24-22(30)19-8-5-6-17(16-19)12-13-27-23(25-2)28-15-14-26-21-11-10-18-7-3-4-9-20(18)29-21/h3-11,16H,12-15H2,1-2H3,(H,24,30)(H,26,29)(H2,25,27,28). The van der Waals surface area contributed by atoms with Crippen LogP contribution in [0.4, 0.5) is 5.82 Å². The zero-order chi connectivity index (χ0) is 21.2. The summed E-state index contributed by atoms with van der Waals surface area (Å²) in [5, 5.41) is 13.7. The first-order chi connectivity index (χ1) is 14.7. The summed E-state index contributed by atoms with van der Waals surface area (Å²) in [6.07, 6.45) is 0.796. The molecule has 30 heavy (non-hydrogen) atoms. The Balaban J connectivity index is 1.40. The molecule has 1 aromatic heterocycles. The number of para-hydroxylation sites is 1. The minimum Gasteiger partial charge on any atom is -0.368 e. The molecule has 0 saturated heterocycles. The number of amides is 1. The maximum absolute atomic E-state index is 11.7. The van der Waals surface area contributed by atoms with Gasteiger partial charge in [-0.15, -0.1) is 0 Å². The molecule has 156 valence electrons. The van der Waals surface area contributed by atoms with Gasteiger partial charge in [0.2, 0.25) is 0 Å². The lowest BCUT2D eigenvalue weighted by atomic mass is 10.1. The predicted molar refractivity (Wildman–Crippen MR) is 123 cm³/mol. The van der Waals surface area contributed by atoms with Crippen LogP contribution >= 0.6 is 0 Å². The first-order valence-corrected chi connectivity index (χ1v) is 10.0. The van der Waals surface area contributed by atoms with Crippen LogP contribution in [0.5, 0.6) is 0 Å². The molecule has 0 fully saturated rings. The number of benzene rings is 2. The second-order valence-corrected chi connectivity index (χ2v) is 6.77.